The highest BCUT2D eigenvalue weighted by atomic mass is 127. The number of aliphatic imine (C=N–C) groups is 1. The van der Waals surface area contributed by atoms with Gasteiger partial charge in [-0.25, -0.2) is 4.99 Å². The van der Waals surface area contributed by atoms with Crippen molar-refractivity contribution in [3.8, 4) is 0 Å². The predicted molar refractivity (Wildman–Crippen MR) is 134 cm³/mol. The lowest BCUT2D eigenvalue weighted by Crippen LogP contribution is -2.44. The van der Waals surface area contributed by atoms with Crippen LogP contribution >= 0.6 is 24.0 Å². The van der Waals surface area contributed by atoms with Crippen molar-refractivity contribution < 1.29 is 4.79 Å². The maximum Gasteiger partial charge on any atom is 0.241 e. The first-order valence-electron chi connectivity index (χ1n) is 11.4. The summed E-state index contributed by atoms with van der Waals surface area (Å²) >= 11 is 0. The zero-order valence-corrected chi connectivity index (χ0v) is 20.7. The van der Waals surface area contributed by atoms with E-state index in [0.717, 1.165) is 39.0 Å². The third-order valence-electron chi connectivity index (χ3n) is 5.83. The van der Waals surface area contributed by atoms with E-state index < -0.39 is 0 Å². The van der Waals surface area contributed by atoms with Gasteiger partial charge in [0.25, 0.3) is 0 Å². The molecule has 2 aliphatic rings. The van der Waals surface area contributed by atoms with Crippen LogP contribution in [-0.2, 0) is 17.9 Å². The number of rotatable bonds is 7. The summed E-state index contributed by atoms with van der Waals surface area (Å²) in [7, 11) is 0. The van der Waals surface area contributed by atoms with Crippen LogP contribution in [0, 0.1) is 0 Å². The second kappa shape index (κ2) is 13.9. The standard InChI is InChI=1S/C23H37N5O.HI/c1-2-24-23(26-18-22(29)28-15-9-10-16-28)25-17-20-11-5-6-12-21(20)19-27-13-7-3-4-8-14-27;/h5-6,11-12H,2-4,7-10,13-19H2,1H3,(H2,24,25,26);1H. The molecule has 1 aromatic rings. The van der Waals surface area contributed by atoms with E-state index in [-0.39, 0.29) is 29.9 Å². The van der Waals surface area contributed by atoms with Gasteiger partial charge in [-0.15, -0.1) is 24.0 Å². The second-order valence-electron chi connectivity index (χ2n) is 8.10. The second-order valence-corrected chi connectivity index (χ2v) is 8.10. The van der Waals surface area contributed by atoms with Crippen molar-refractivity contribution in [3.63, 3.8) is 0 Å². The van der Waals surface area contributed by atoms with Crippen LogP contribution in [0.5, 0.6) is 0 Å². The first-order chi connectivity index (χ1) is 14.3. The van der Waals surface area contributed by atoms with Crippen molar-refractivity contribution in [2.45, 2.75) is 58.5 Å². The van der Waals surface area contributed by atoms with Crippen molar-refractivity contribution in [2.75, 3.05) is 39.3 Å². The van der Waals surface area contributed by atoms with Crippen LogP contribution in [-0.4, -0.2) is 60.9 Å². The predicted octanol–water partition coefficient (Wildman–Crippen LogP) is 3.36. The number of hydrogen-bond donors (Lipinski definition) is 2. The van der Waals surface area contributed by atoms with Crippen molar-refractivity contribution in [2.24, 2.45) is 4.99 Å². The van der Waals surface area contributed by atoms with Gasteiger partial charge < -0.3 is 15.5 Å². The van der Waals surface area contributed by atoms with Crippen molar-refractivity contribution in [3.05, 3.63) is 35.4 Å². The molecule has 30 heavy (non-hydrogen) atoms. The highest BCUT2D eigenvalue weighted by molar-refractivity contribution is 14.0. The Morgan fingerprint density at radius 1 is 0.933 bits per heavy atom. The summed E-state index contributed by atoms with van der Waals surface area (Å²) < 4.78 is 0. The smallest absolute Gasteiger partial charge is 0.241 e. The third kappa shape index (κ3) is 8.06. The van der Waals surface area contributed by atoms with Crippen molar-refractivity contribution in [1.82, 2.24) is 20.4 Å². The van der Waals surface area contributed by atoms with E-state index >= 15 is 0 Å². The Morgan fingerprint density at radius 2 is 1.57 bits per heavy atom. The van der Waals surface area contributed by atoms with E-state index in [9.17, 15) is 4.79 Å². The quantitative estimate of drug-likeness (QED) is 0.325. The largest absolute Gasteiger partial charge is 0.357 e. The van der Waals surface area contributed by atoms with E-state index in [2.05, 4.69) is 39.8 Å². The summed E-state index contributed by atoms with van der Waals surface area (Å²) in [5.41, 5.74) is 2.63. The molecule has 2 saturated heterocycles. The Morgan fingerprint density at radius 3 is 2.23 bits per heavy atom. The molecule has 7 heteroatoms. The summed E-state index contributed by atoms with van der Waals surface area (Å²) in [5.74, 6) is 0.874. The Hall–Kier alpha value is -1.35. The number of nitrogens with one attached hydrogen (secondary N) is 2. The molecule has 0 atom stereocenters. The number of halogens is 1. The molecule has 2 fully saturated rings. The average Bonchev–Trinajstić information content (AvgIpc) is 3.16. The SMILES string of the molecule is CCNC(=NCc1ccccc1CN1CCCCCC1)NCC(=O)N1CCCC1.I. The lowest BCUT2D eigenvalue weighted by atomic mass is 10.1. The molecule has 0 unspecified atom stereocenters. The van der Waals surface area contributed by atoms with Crippen molar-refractivity contribution >= 4 is 35.8 Å². The molecule has 168 valence electrons. The summed E-state index contributed by atoms with van der Waals surface area (Å²) in [4.78, 5) is 21.6. The Kier molecular flexibility index (Phi) is 11.5. The fraction of sp³-hybridized carbons (Fsp3) is 0.652. The number of carbonyl (C=O) groups excluding carboxylic acids is 1. The van der Waals surface area contributed by atoms with Gasteiger partial charge in [0, 0.05) is 26.2 Å². The molecule has 2 heterocycles. The third-order valence-corrected chi connectivity index (χ3v) is 5.83. The molecule has 1 amide bonds. The van der Waals surface area contributed by atoms with Crippen molar-refractivity contribution in [1.29, 1.82) is 0 Å². The number of carbonyl (C=O) groups is 1. The van der Waals surface area contributed by atoms with Gasteiger partial charge in [-0.2, -0.15) is 0 Å². The lowest BCUT2D eigenvalue weighted by Gasteiger charge is -2.21. The van der Waals surface area contributed by atoms with Crippen LogP contribution in [0.25, 0.3) is 0 Å². The van der Waals surface area contributed by atoms with Crippen LogP contribution in [0.1, 0.15) is 56.6 Å². The monoisotopic (exact) mass is 527 g/mol. The molecule has 3 rings (SSSR count). The van der Waals surface area contributed by atoms with Gasteiger partial charge in [-0.05, 0) is 56.8 Å². The molecule has 6 nitrogen and oxygen atoms in total. The van der Waals surface area contributed by atoms with E-state index in [0.29, 0.717) is 19.0 Å². The molecule has 0 spiro atoms. The number of guanidine groups is 1. The zero-order valence-electron chi connectivity index (χ0n) is 18.4. The Labute approximate surface area is 198 Å². The van der Waals surface area contributed by atoms with Gasteiger partial charge in [-0.1, -0.05) is 37.1 Å². The van der Waals surface area contributed by atoms with Crippen LogP contribution in [0.15, 0.2) is 29.3 Å². The van der Waals surface area contributed by atoms with E-state index in [1.807, 2.05) is 11.8 Å². The highest BCUT2D eigenvalue weighted by Crippen LogP contribution is 2.17. The molecule has 2 N–H and O–H groups in total. The van der Waals surface area contributed by atoms with E-state index in [4.69, 9.17) is 4.99 Å². The van der Waals surface area contributed by atoms with E-state index in [1.165, 1.54) is 49.9 Å². The highest BCUT2D eigenvalue weighted by Gasteiger charge is 2.17. The normalized spacial score (nSPS) is 17.9. The van der Waals surface area contributed by atoms with Gasteiger partial charge in [0.2, 0.25) is 5.91 Å². The van der Waals surface area contributed by atoms with Gasteiger partial charge in [0.05, 0.1) is 13.1 Å². The maximum absolute atomic E-state index is 12.3. The molecule has 0 saturated carbocycles. The molecular weight excluding hydrogens is 489 g/mol. The molecule has 0 aliphatic carbocycles. The lowest BCUT2D eigenvalue weighted by molar-refractivity contribution is -0.128. The average molecular weight is 527 g/mol. The summed E-state index contributed by atoms with van der Waals surface area (Å²) in [6.07, 6.45) is 7.56. The fourth-order valence-electron chi connectivity index (χ4n) is 4.14. The van der Waals surface area contributed by atoms with Gasteiger partial charge >= 0.3 is 0 Å². The molecule has 0 aromatic heterocycles. The minimum Gasteiger partial charge on any atom is -0.357 e. The first kappa shape index (κ1) is 24.9. The molecular formula is C23H38IN5O. The van der Waals surface area contributed by atoms with Crippen LogP contribution < -0.4 is 10.6 Å². The van der Waals surface area contributed by atoms with Gasteiger partial charge in [0.1, 0.15) is 0 Å². The molecule has 1 aromatic carbocycles. The molecule has 2 aliphatic heterocycles. The maximum atomic E-state index is 12.3. The van der Waals surface area contributed by atoms with Gasteiger partial charge in [0.15, 0.2) is 5.96 Å². The number of amides is 1. The van der Waals surface area contributed by atoms with Crippen LogP contribution in [0.4, 0.5) is 0 Å². The van der Waals surface area contributed by atoms with Crippen LogP contribution in [0.3, 0.4) is 0 Å². The summed E-state index contributed by atoms with van der Waals surface area (Å²) in [6, 6.07) is 8.62. The first-order valence-corrected chi connectivity index (χ1v) is 11.4. The van der Waals surface area contributed by atoms with E-state index in [1.54, 1.807) is 0 Å². The summed E-state index contributed by atoms with van der Waals surface area (Å²) in [6.45, 7) is 8.92. The number of nitrogens with zero attached hydrogens (tertiary/aromatic N) is 3. The molecule has 0 bridgehead atoms. The Balaban J connectivity index is 0.00000320. The fourth-order valence-corrected chi connectivity index (χ4v) is 4.14. The number of likely N-dealkylation sites (tertiary alicyclic amines) is 2. The topological polar surface area (TPSA) is 60.0 Å². The Bertz CT molecular complexity index is 667. The number of benzene rings is 1. The minimum absolute atomic E-state index is 0. The van der Waals surface area contributed by atoms with Gasteiger partial charge in [-0.3, -0.25) is 9.69 Å². The summed E-state index contributed by atoms with van der Waals surface area (Å²) in [5, 5.41) is 6.48. The number of hydrogen-bond acceptors (Lipinski definition) is 3. The van der Waals surface area contributed by atoms with Crippen LogP contribution in [0.2, 0.25) is 0 Å². The zero-order chi connectivity index (χ0) is 20.3. The molecule has 0 radical (unpaired) electrons. The minimum atomic E-state index is 0.